The SMILES string of the molecule is COc1ccc([C@](O)(C2OC3CC(C)CCC3C(C)N2Cc2ccccc2)C(F)(F)F)cc1. The molecule has 1 aliphatic heterocycles. The van der Waals surface area contributed by atoms with E-state index in [4.69, 9.17) is 9.47 Å². The van der Waals surface area contributed by atoms with E-state index >= 15 is 0 Å². The van der Waals surface area contributed by atoms with Gasteiger partial charge >= 0.3 is 6.18 Å². The molecule has 0 bridgehead atoms. The molecule has 1 saturated heterocycles. The summed E-state index contributed by atoms with van der Waals surface area (Å²) in [4.78, 5) is 1.70. The lowest BCUT2D eigenvalue weighted by atomic mass is 9.74. The first kappa shape index (κ1) is 24.0. The molecule has 7 heteroatoms. The Labute approximate surface area is 193 Å². The fourth-order valence-electron chi connectivity index (χ4n) is 5.41. The van der Waals surface area contributed by atoms with Crippen molar-refractivity contribution in [1.29, 1.82) is 0 Å². The maximum atomic E-state index is 14.7. The number of nitrogens with zero attached hydrogens (tertiary/aromatic N) is 1. The molecule has 180 valence electrons. The van der Waals surface area contributed by atoms with Gasteiger partial charge in [0.25, 0.3) is 0 Å². The average Bonchev–Trinajstić information content (AvgIpc) is 2.80. The van der Waals surface area contributed by atoms with E-state index in [1.54, 1.807) is 4.90 Å². The molecule has 33 heavy (non-hydrogen) atoms. The Balaban J connectivity index is 1.79. The highest BCUT2D eigenvalue weighted by Crippen LogP contribution is 2.50. The molecule has 6 atom stereocenters. The second-order valence-electron chi connectivity index (χ2n) is 9.50. The van der Waals surface area contributed by atoms with Crippen LogP contribution in [-0.2, 0) is 16.9 Å². The molecule has 2 aliphatic rings. The van der Waals surface area contributed by atoms with Crippen molar-refractivity contribution < 1.29 is 27.8 Å². The molecular weight excluding hydrogens is 431 g/mol. The molecule has 0 spiro atoms. The van der Waals surface area contributed by atoms with Crippen molar-refractivity contribution in [2.24, 2.45) is 11.8 Å². The lowest BCUT2D eigenvalue weighted by Crippen LogP contribution is -2.67. The highest BCUT2D eigenvalue weighted by atomic mass is 19.4. The largest absolute Gasteiger partial charge is 0.497 e. The van der Waals surface area contributed by atoms with Crippen LogP contribution >= 0.6 is 0 Å². The third kappa shape index (κ3) is 4.51. The number of benzene rings is 2. The zero-order valence-corrected chi connectivity index (χ0v) is 19.3. The molecule has 4 rings (SSSR count). The van der Waals surface area contributed by atoms with Crippen LogP contribution in [0, 0.1) is 11.8 Å². The van der Waals surface area contributed by atoms with Crippen molar-refractivity contribution in [3.63, 3.8) is 0 Å². The Hall–Kier alpha value is -2.09. The molecule has 0 aromatic heterocycles. The maximum Gasteiger partial charge on any atom is 0.425 e. The van der Waals surface area contributed by atoms with Crippen LogP contribution in [0.15, 0.2) is 54.6 Å². The van der Waals surface area contributed by atoms with Gasteiger partial charge in [-0.3, -0.25) is 4.90 Å². The lowest BCUT2D eigenvalue weighted by molar-refractivity contribution is -0.357. The van der Waals surface area contributed by atoms with Gasteiger partial charge < -0.3 is 14.6 Å². The number of methoxy groups -OCH3 is 1. The van der Waals surface area contributed by atoms with Crippen LogP contribution in [-0.4, -0.2) is 41.7 Å². The fraction of sp³-hybridized carbons (Fsp3) is 0.538. The number of ether oxygens (including phenoxy) is 2. The molecule has 5 unspecified atom stereocenters. The van der Waals surface area contributed by atoms with E-state index in [9.17, 15) is 18.3 Å². The minimum Gasteiger partial charge on any atom is -0.497 e. The van der Waals surface area contributed by atoms with Crippen molar-refractivity contribution in [2.45, 2.75) is 69.8 Å². The fourth-order valence-corrected chi connectivity index (χ4v) is 5.41. The lowest BCUT2D eigenvalue weighted by Gasteiger charge is -2.55. The summed E-state index contributed by atoms with van der Waals surface area (Å²) in [5.74, 6) is 0.915. The van der Waals surface area contributed by atoms with Gasteiger partial charge in [-0.05, 0) is 48.9 Å². The number of hydrogen-bond acceptors (Lipinski definition) is 4. The predicted octanol–water partition coefficient (Wildman–Crippen LogP) is 5.50. The molecule has 1 heterocycles. The standard InChI is InChI=1S/C26H32F3NO3/c1-17-9-14-22-18(2)30(16-19-7-5-4-6-8-19)24(33-23(22)15-17)25(31,26(27,28)29)20-10-12-21(32-3)13-11-20/h4-8,10-13,17-18,22-24,31H,9,14-16H2,1-3H3/t17?,18?,22?,23?,24?,25-/m0/s1. The number of halogens is 3. The van der Waals surface area contributed by atoms with Gasteiger partial charge in [-0.2, -0.15) is 13.2 Å². The van der Waals surface area contributed by atoms with Crippen molar-refractivity contribution in [3.05, 3.63) is 65.7 Å². The first-order valence-corrected chi connectivity index (χ1v) is 11.5. The van der Waals surface area contributed by atoms with Gasteiger partial charge in [0.1, 0.15) is 5.75 Å². The van der Waals surface area contributed by atoms with Gasteiger partial charge in [0.15, 0.2) is 6.23 Å². The van der Waals surface area contributed by atoms with E-state index in [2.05, 4.69) is 6.92 Å². The van der Waals surface area contributed by atoms with Crippen molar-refractivity contribution in [2.75, 3.05) is 7.11 Å². The Morgan fingerprint density at radius 3 is 2.30 bits per heavy atom. The highest BCUT2D eigenvalue weighted by Gasteiger charge is 2.65. The smallest absolute Gasteiger partial charge is 0.425 e. The summed E-state index contributed by atoms with van der Waals surface area (Å²) < 4.78 is 55.5. The summed E-state index contributed by atoms with van der Waals surface area (Å²) in [7, 11) is 1.45. The van der Waals surface area contributed by atoms with Crippen LogP contribution in [0.3, 0.4) is 0 Å². The first-order chi connectivity index (χ1) is 15.6. The molecular formula is C26H32F3NO3. The summed E-state index contributed by atoms with van der Waals surface area (Å²) in [5.41, 5.74) is -2.58. The normalized spacial score (nSPS) is 30.3. The molecule has 1 saturated carbocycles. The number of aliphatic hydroxyl groups is 1. The summed E-state index contributed by atoms with van der Waals surface area (Å²) in [6, 6.07) is 14.6. The average molecular weight is 464 g/mol. The van der Waals surface area contributed by atoms with Gasteiger partial charge in [0.05, 0.1) is 13.2 Å². The molecule has 2 aromatic rings. The van der Waals surface area contributed by atoms with Crippen molar-refractivity contribution >= 4 is 0 Å². The van der Waals surface area contributed by atoms with Gasteiger partial charge in [0.2, 0.25) is 5.60 Å². The molecule has 1 aliphatic carbocycles. The van der Waals surface area contributed by atoms with Crippen LogP contribution in [0.2, 0.25) is 0 Å². The summed E-state index contributed by atoms with van der Waals surface area (Å²) in [6.45, 7) is 4.33. The minimum absolute atomic E-state index is 0.120. The van der Waals surface area contributed by atoms with E-state index in [0.29, 0.717) is 18.1 Å². The van der Waals surface area contributed by atoms with E-state index in [1.165, 1.54) is 31.4 Å². The summed E-state index contributed by atoms with van der Waals surface area (Å²) >= 11 is 0. The van der Waals surface area contributed by atoms with Crippen molar-refractivity contribution in [1.82, 2.24) is 4.90 Å². The Morgan fingerprint density at radius 1 is 1.03 bits per heavy atom. The second kappa shape index (κ2) is 9.28. The van der Waals surface area contributed by atoms with E-state index in [1.807, 2.05) is 37.3 Å². The third-order valence-corrected chi connectivity index (χ3v) is 7.38. The summed E-state index contributed by atoms with van der Waals surface area (Å²) in [5, 5.41) is 11.5. The van der Waals surface area contributed by atoms with Gasteiger partial charge in [-0.25, -0.2) is 0 Å². The molecule has 2 aromatic carbocycles. The zero-order valence-electron chi connectivity index (χ0n) is 19.3. The number of hydrogen-bond donors (Lipinski definition) is 1. The molecule has 2 fully saturated rings. The highest BCUT2D eigenvalue weighted by molar-refractivity contribution is 5.33. The summed E-state index contributed by atoms with van der Waals surface area (Å²) in [6.07, 6.45) is -4.23. The minimum atomic E-state index is -4.95. The topological polar surface area (TPSA) is 41.9 Å². The monoisotopic (exact) mass is 463 g/mol. The first-order valence-electron chi connectivity index (χ1n) is 11.5. The van der Waals surface area contributed by atoms with E-state index < -0.39 is 18.0 Å². The van der Waals surface area contributed by atoms with Crippen LogP contribution < -0.4 is 4.74 Å². The maximum absolute atomic E-state index is 14.7. The van der Waals surface area contributed by atoms with Gasteiger partial charge in [0, 0.05) is 18.5 Å². The molecule has 1 N–H and O–H groups in total. The molecule has 4 nitrogen and oxygen atoms in total. The number of alkyl halides is 3. The number of rotatable bonds is 5. The van der Waals surface area contributed by atoms with Crippen LogP contribution in [0.4, 0.5) is 13.2 Å². The van der Waals surface area contributed by atoms with Gasteiger partial charge in [-0.15, -0.1) is 0 Å². The third-order valence-electron chi connectivity index (χ3n) is 7.38. The quantitative estimate of drug-likeness (QED) is 0.636. The van der Waals surface area contributed by atoms with E-state index in [0.717, 1.165) is 18.4 Å². The second-order valence-corrected chi connectivity index (χ2v) is 9.50. The number of fused-ring (bicyclic) bond motifs is 1. The predicted molar refractivity (Wildman–Crippen MR) is 120 cm³/mol. The zero-order chi connectivity index (χ0) is 23.8. The van der Waals surface area contributed by atoms with E-state index in [-0.39, 0.29) is 30.2 Å². The van der Waals surface area contributed by atoms with Crippen LogP contribution in [0.5, 0.6) is 5.75 Å². The Bertz CT molecular complexity index is 921. The molecule has 0 amide bonds. The van der Waals surface area contributed by atoms with Crippen LogP contribution in [0.1, 0.15) is 44.2 Å². The Kier molecular flexibility index (Phi) is 6.76. The Morgan fingerprint density at radius 2 is 1.70 bits per heavy atom. The van der Waals surface area contributed by atoms with Crippen molar-refractivity contribution in [3.8, 4) is 5.75 Å². The molecule has 0 radical (unpaired) electrons. The van der Waals surface area contributed by atoms with Gasteiger partial charge in [-0.1, -0.05) is 55.8 Å². The van der Waals surface area contributed by atoms with Crippen LogP contribution in [0.25, 0.3) is 0 Å².